The lowest BCUT2D eigenvalue weighted by atomic mass is 9.77. The van der Waals surface area contributed by atoms with Crippen molar-refractivity contribution < 1.29 is 9.53 Å². The second-order valence-electron chi connectivity index (χ2n) is 7.13. The van der Waals surface area contributed by atoms with Crippen LogP contribution in [0.2, 0.25) is 0 Å². The molecule has 5 heteroatoms. The third-order valence-electron chi connectivity index (χ3n) is 5.63. The Labute approximate surface area is 168 Å². The van der Waals surface area contributed by atoms with Crippen molar-refractivity contribution in [1.82, 2.24) is 5.01 Å². The Morgan fingerprint density at radius 2 is 1.93 bits per heavy atom. The van der Waals surface area contributed by atoms with Gasteiger partial charge in [0.05, 0.1) is 23.7 Å². The zero-order valence-corrected chi connectivity index (χ0v) is 16.4. The number of amides is 1. The van der Waals surface area contributed by atoms with Gasteiger partial charge in [-0.25, -0.2) is 5.01 Å². The van der Waals surface area contributed by atoms with Crippen molar-refractivity contribution in [2.24, 2.45) is 11.0 Å². The molecule has 1 aromatic heterocycles. The van der Waals surface area contributed by atoms with Crippen LogP contribution in [0.5, 0.6) is 5.75 Å². The van der Waals surface area contributed by atoms with Crippen molar-refractivity contribution in [3.8, 4) is 5.75 Å². The summed E-state index contributed by atoms with van der Waals surface area (Å²) < 4.78 is 5.31. The third-order valence-corrected chi connectivity index (χ3v) is 6.48. The van der Waals surface area contributed by atoms with E-state index in [0.717, 1.165) is 34.7 Å². The van der Waals surface area contributed by atoms with Crippen LogP contribution in [-0.4, -0.2) is 23.7 Å². The van der Waals surface area contributed by atoms with E-state index in [4.69, 9.17) is 9.84 Å². The first-order valence-corrected chi connectivity index (χ1v) is 10.3. The molecule has 28 heavy (non-hydrogen) atoms. The van der Waals surface area contributed by atoms with Gasteiger partial charge >= 0.3 is 0 Å². The zero-order chi connectivity index (χ0) is 19.1. The van der Waals surface area contributed by atoms with Gasteiger partial charge in [0.25, 0.3) is 5.91 Å². The summed E-state index contributed by atoms with van der Waals surface area (Å²) in [6.45, 7) is 0. The molecule has 0 fully saturated rings. The summed E-state index contributed by atoms with van der Waals surface area (Å²) in [5, 5.41) is 8.52. The Morgan fingerprint density at radius 1 is 1.11 bits per heavy atom. The number of methoxy groups -OCH3 is 1. The Kier molecular flexibility index (Phi) is 4.24. The molecular weight excluding hydrogens is 368 g/mol. The maximum atomic E-state index is 13.3. The van der Waals surface area contributed by atoms with Crippen LogP contribution in [0.1, 0.15) is 38.8 Å². The van der Waals surface area contributed by atoms with E-state index in [2.05, 4.69) is 36.4 Å². The molecule has 0 unspecified atom stereocenters. The van der Waals surface area contributed by atoms with E-state index >= 15 is 0 Å². The van der Waals surface area contributed by atoms with Gasteiger partial charge in [-0.05, 0) is 47.5 Å². The molecule has 0 saturated carbocycles. The Morgan fingerprint density at radius 3 is 2.68 bits per heavy atom. The van der Waals surface area contributed by atoms with Gasteiger partial charge in [-0.15, -0.1) is 11.3 Å². The number of hydrazone groups is 1. The van der Waals surface area contributed by atoms with Gasteiger partial charge in [-0.1, -0.05) is 42.5 Å². The maximum Gasteiger partial charge on any atom is 0.284 e. The lowest BCUT2D eigenvalue weighted by molar-refractivity contribution is 0.0686. The molecule has 3 aromatic rings. The van der Waals surface area contributed by atoms with Crippen LogP contribution in [0.3, 0.4) is 0 Å². The average molecular weight is 388 g/mol. The summed E-state index contributed by atoms with van der Waals surface area (Å²) in [4.78, 5) is 14.0. The minimum absolute atomic E-state index is 0.0322. The summed E-state index contributed by atoms with van der Waals surface area (Å²) in [6, 6.07) is 20.1. The van der Waals surface area contributed by atoms with Gasteiger partial charge in [0.1, 0.15) is 5.75 Å². The number of carbonyl (C=O) groups excluding carboxylic acids is 1. The predicted octanol–water partition coefficient (Wildman–Crippen LogP) is 4.92. The van der Waals surface area contributed by atoms with E-state index < -0.39 is 0 Å². The number of hydrogen-bond donors (Lipinski definition) is 0. The summed E-state index contributed by atoms with van der Waals surface area (Å²) in [6.07, 6.45) is 1.99. The van der Waals surface area contributed by atoms with Crippen molar-refractivity contribution in [2.75, 3.05) is 7.11 Å². The van der Waals surface area contributed by atoms with Crippen molar-refractivity contribution >= 4 is 23.0 Å². The number of nitrogens with zero attached hydrogens (tertiary/aromatic N) is 2. The first-order valence-electron chi connectivity index (χ1n) is 9.44. The smallest absolute Gasteiger partial charge is 0.284 e. The second kappa shape index (κ2) is 6.91. The first-order chi connectivity index (χ1) is 13.8. The van der Waals surface area contributed by atoms with Crippen molar-refractivity contribution in [3.63, 3.8) is 0 Å². The van der Waals surface area contributed by atoms with Gasteiger partial charge < -0.3 is 4.74 Å². The summed E-state index contributed by atoms with van der Waals surface area (Å²) >= 11 is 1.46. The molecule has 140 valence electrons. The molecule has 4 nitrogen and oxygen atoms in total. The molecule has 1 aliphatic heterocycles. The summed E-state index contributed by atoms with van der Waals surface area (Å²) in [5.41, 5.74) is 4.62. The molecular formula is C23H20N2O2S. The third kappa shape index (κ3) is 2.74. The van der Waals surface area contributed by atoms with Crippen LogP contribution in [-0.2, 0) is 6.42 Å². The fraction of sp³-hybridized carbons (Fsp3) is 0.217. The molecule has 0 N–H and O–H groups in total. The van der Waals surface area contributed by atoms with E-state index in [0.29, 0.717) is 0 Å². The molecule has 2 aromatic carbocycles. The molecule has 0 saturated heterocycles. The van der Waals surface area contributed by atoms with Crippen LogP contribution in [0, 0.1) is 5.92 Å². The predicted molar refractivity (Wildman–Crippen MR) is 111 cm³/mol. The van der Waals surface area contributed by atoms with Gasteiger partial charge in [-0.3, -0.25) is 4.79 Å². The largest absolute Gasteiger partial charge is 0.497 e. The Balaban J connectivity index is 1.60. The topological polar surface area (TPSA) is 41.9 Å². The number of thiophene rings is 1. The minimum Gasteiger partial charge on any atom is -0.497 e. The van der Waals surface area contributed by atoms with Crippen molar-refractivity contribution in [1.29, 1.82) is 0 Å². The van der Waals surface area contributed by atoms with Crippen LogP contribution in [0.4, 0.5) is 0 Å². The number of ether oxygens (including phenoxy) is 1. The standard InChI is InChI=1S/C23H20N2O2S/c1-27-17-11-8-16(9-12-17)22-19-13-10-15-5-2-3-6-18(15)21(19)24-25(22)23(26)20-7-4-14-28-20/h2-9,11-12,14,19,22H,10,13H2,1H3/t19-,22+/m0/s1. The van der Waals surface area contributed by atoms with Crippen LogP contribution >= 0.6 is 11.3 Å². The summed E-state index contributed by atoms with van der Waals surface area (Å²) in [7, 11) is 1.66. The van der Waals surface area contributed by atoms with E-state index in [9.17, 15) is 4.79 Å². The number of carbonyl (C=O) groups is 1. The fourth-order valence-corrected chi connectivity index (χ4v) is 4.93. The summed E-state index contributed by atoms with van der Waals surface area (Å²) in [5.74, 6) is 0.982. The number of fused-ring (bicyclic) bond motifs is 3. The number of hydrogen-bond acceptors (Lipinski definition) is 4. The van der Waals surface area contributed by atoms with Gasteiger partial charge in [0.15, 0.2) is 0 Å². The van der Waals surface area contributed by atoms with Crippen LogP contribution in [0.25, 0.3) is 0 Å². The highest BCUT2D eigenvalue weighted by Crippen LogP contribution is 2.44. The van der Waals surface area contributed by atoms with E-state index in [1.807, 2.05) is 29.6 Å². The maximum absolute atomic E-state index is 13.3. The SMILES string of the molecule is COc1ccc([C@@H]2[C@H]3CCc4ccccc4C3=NN2C(=O)c2cccs2)cc1. The molecule has 5 rings (SSSR count). The number of rotatable bonds is 3. The number of benzene rings is 2. The minimum atomic E-state index is -0.0936. The highest BCUT2D eigenvalue weighted by Gasteiger charge is 2.44. The molecule has 2 heterocycles. The molecule has 2 atom stereocenters. The lowest BCUT2D eigenvalue weighted by Crippen LogP contribution is -2.32. The normalized spacial score (nSPS) is 20.3. The van der Waals surface area contributed by atoms with Crippen LogP contribution in [0.15, 0.2) is 71.1 Å². The number of aryl methyl sites for hydroxylation is 1. The molecule has 0 radical (unpaired) electrons. The van der Waals surface area contributed by atoms with E-state index in [-0.39, 0.29) is 17.9 Å². The fourth-order valence-electron chi connectivity index (χ4n) is 4.28. The average Bonchev–Trinajstić information content (AvgIpc) is 3.41. The highest BCUT2D eigenvalue weighted by atomic mass is 32.1. The molecule has 0 bridgehead atoms. The van der Waals surface area contributed by atoms with E-state index in [1.165, 1.54) is 22.5 Å². The monoisotopic (exact) mass is 388 g/mol. The Hall–Kier alpha value is -2.92. The molecule has 2 aliphatic rings. The quantitative estimate of drug-likeness (QED) is 0.639. The highest BCUT2D eigenvalue weighted by molar-refractivity contribution is 7.12. The van der Waals surface area contributed by atoms with Gasteiger partial charge in [-0.2, -0.15) is 5.10 Å². The second-order valence-corrected chi connectivity index (χ2v) is 8.08. The molecule has 0 spiro atoms. The van der Waals surface area contributed by atoms with Gasteiger partial charge in [0, 0.05) is 11.5 Å². The zero-order valence-electron chi connectivity index (χ0n) is 15.5. The molecule has 1 aliphatic carbocycles. The molecule has 1 amide bonds. The van der Waals surface area contributed by atoms with Gasteiger partial charge in [0.2, 0.25) is 0 Å². The van der Waals surface area contributed by atoms with E-state index in [1.54, 1.807) is 12.1 Å². The lowest BCUT2D eigenvalue weighted by Gasteiger charge is -2.29. The van der Waals surface area contributed by atoms with Crippen LogP contribution < -0.4 is 4.74 Å². The first kappa shape index (κ1) is 17.2. The Bertz CT molecular complexity index is 1040. The van der Waals surface area contributed by atoms with Crippen molar-refractivity contribution in [2.45, 2.75) is 18.9 Å². The van der Waals surface area contributed by atoms with Crippen molar-refractivity contribution in [3.05, 3.63) is 87.6 Å².